The SMILES string of the molecule is COc1cc(OC)cc(C(=O)Oc2ccc3c(c2C)O/C(=C\c2ccc(C(C)C)cc2)C3=O)c1. The second kappa shape index (κ2) is 9.43. The molecule has 6 nitrogen and oxygen atoms in total. The van der Waals surface area contributed by atoms with E-state index < -0.39 is 5.97 Å². The summed E-state index contributed by atoms with van der Waals surface area (Å²) in [6.45, 7) is 6.01. The summed E-state index contributed by atoms with van der Waals surface area (Å²) >= 11 is 0. The van der Waals surface area contributed by atoms with E-state index in [4.69, 9.17) is 18.9 Å². The van der Waals surface area contributed by atoms with Gasteiger partial charge in [-0.1, -0.05) is 38.1 Å². The van der Waals surface area contributed by atoms with E-state index >= 15 is 0 Å². The van der Waals surface area contributed by atoms with Gasteiger partial charge in [-0.15, -0.1) is 0 Å². The van der Waals surface area contributed by atoms with Gasteiger partial charge < -0.3 is 18.9 Å². The molecule has 174 valence electrons. The molecule has 3 aromatic carbocycles. The van der Waals surface area contributed by atoms with Gasteiger partial charge in [0.05, 0.1) is 25.3 Å². The van der Waals surface area contributed by atoms with Gasteiger partial charge in [0.15, 0.2) is 5.76 Å². The van der Waals surface area contributed by atoms with Crippen molar-refractivity contribution in [2.24, 2.45) is 0 Å². The smallest absolute Gasteiger partial charge is 0.343 e. The summed E-state index contributed by atoms with van der Waals surface area (Å²) in [5, 5.41) is 0. The third-order valence-corrected chi connectivity index (χ3v) is 5.73. The summed E-state index contributed by atoms with van der Waals surface area (Å²) < 4.78 is 22.0. The molecule has 34 heavy (non-hydrogen) atoms. The fourth-order valence-electron chi connectivity index (χ4n) is 3.69. The van der Waals surface area contributed by atoms with Crippen molar-refractivity contribution in [2.75, 3.05) is 14.2 Å². The van der Waals surface area contributed by atoms with Crippen molar-refractivity contribution in [3.8, 4) is 23.0 Å². The number of Topliss-reactive ketones (excluding diaryl/α,β-unsaturated/α-hetero) is 1. The maximum Gasteiger partial charge on any atom is 0.343 e. The number of hydrogen-bond donors (Lipinski definition) is 0. The minimum Gasteiger partial charge on any atom is -0.497 e. The number of esters is 1. The first kappa shape index (κ1) is 23.1. The van der Waals surface area contributed by atoms with Gasteiger partial charge in [0.25, 0.3) is 0 Å². The first-order valence-corrected chi connectivity index (χ1v) is 10.9. The summed E-state index contributed by atoms with van der Waals surface area (Å²) in [5.74, 6) is 1.52. The first-order valence-electron chi connectivity index (χ1n) is 10.9. The number of carbonyl (C=O) groups is 2. The van der Waals surface area contributed by atoms with Crippen molar-refractivity contribution >= 4 is 17.8 Å². The molecule has 0 aromatic heterocycles. The van der Waals surface area contributed by atoms with Crippen LogP contribution in [0.5, 0.6) is 23.0 Å². The summed E-state index contributed by atoms with van der Waals surface area (Å²) in [6.07, 6.45) is 1.72. The van der Waals surface area contributed by atoms with Gasteiger partial charge in [-0.05, 0) is 54.3 Å². The summed E-state index contributed by atoms with van der Waals surface area (Å²) in [6, 6.07) is 16.0. The van der Waals surface area contributed by atoms with Crippen LogP contribution < -0.4 is 18.9 Å². The molecule has 1 aliphatic heterocycles. The third kappa shape index (κ3) is 4.53. The zero-order valence-corrected chi connectivity index (χ0v) is 19.8. The highest BCUT2D eigenvalue weighted by atomic mass is 16.5. The van der Waals surface area contributed by atoms with Crippen LogP contribution in [0.4, 0.5) is 0 Å². The Morgan fingerprint density at radius 3 is 2.18 bits per heavy atom. The van der Waals surface area contributed by atoms with Crippen molar-refractivity contribution in [1.82, 2.24) is 0 Å². The Morgan fingerprint density at radius 1 is 0.941 bits per heavy atom. The molecule has 3 aromatic rings. The van der Waals surface area contributed by atoms with E-state index in [0.717, 1.165) is 5.56 Å². The molecule has 0 saturated heterocycles. The Morgan fingerprint density at radius 2 is 1.59 bits per heavy atom. The fourth-order valence-corrected chi connectivity index (χ4v) is 3.69. The summed E-state index contributed by atoms with van der Waals surface area (Å²) in [4.78, 5) is 25.7. The molecule has 0 unspecified atom stereocenters. The predicted octanol–water partition coefficient (Wildman–Crippen LogP) is 5.97. The van der Waals surface area contributed by atoms with Gasteiger partial charge in [0.2, 0.25) is 5.78 Å². The van der Waals surface area contributed by atoms with Gasteiger partial charge in [0.1, 0.15) is 23.0 Å². The summed E-state index contributed by atoms with van der Waals surface area (Å²) in [5.41, 5.74) is 3.37. The van der Waals surface area contributed by atoms with Crippen LogP contribution in [-0.2, 0) is 0 Å². The minimum absolute atomic E-state index is 0.207. The maximum absolute atomic E-state index is 12.9. The van der Waals surface area contributed by atoms with E-state index in [1.165, 1.54) is 19.8 Å². The molecule has 1 aliphatic rings. The molecule has 0 aliphatic carbocycles. The standard InChI is InChI=1S/C28H26O6/c1-16(2)19-8-6-18(7-9-19)12-25-26(29)23-10-11-24(17(3)27(23)33-25)34-28(30)20-13-21(31-4)15-22(14-20)32-5/h6-16H,1-5H3/b25-12-. The molecule has 0 saturated carbocycles. The Labute approximate surface area is 198 Å². The topological polar surface area (TPSA) is 71.1 Å². The Bertz CT molecular complexity index is 1260. The van der Waals surface area contributed by atoms with Gasteiger partial charge in [0, 0.05) is 11.6 Å². The lowest BCUT2D eigenvalue weighted by atomic mass is 10.0. The van der Waals surface area contributed by atoms with E-state index in [2.05, 4.69) is 13.8 Å². The molecule has 0 amide bonds. The zero-order chi connectivity index (χ0) is 24.4. The molecule has 6 heteroatoms. The highest BCUT2D eigenvalue weighted by Gasteiger charge is 2.30. The Kier molecular flexibility index (Phi) is 6.41. The Hall–Kier alpha value is -4.06. The normalized spacial score (nSPS) is 13.6. The maximum atomic E-state index is 12.9. The highest BCUT2D eigenvalue weighted by molar-refractivity contribution is 6.15. The quantitative estimate of drug-likeness (QED) is 0.257. The molecule has 1 heterocycles. The second-order valence-electron chi connectivity index (χ2n) is 8.32. The summed E-state index contributed by atoms with van der Waals surface area (Å²) in [7, 11) is 3.01. The number of carbonyl (C=O) groups excluding carboxylic acids is 2. The lowest BCUT2D eigenvalue weighted by Crippen LogP contribution is -2.10. The largest absolute Gasteiger partial charge is 0.497 e. The molecule has 0 bridgehead atoms. The van der Waals surface area contributed by atoms with Crippen LogP contribution in [0.1, 0.15) is 57.2 Å². The number of ether oxygens (including phenoxy) is 4. The van der Waals surface area contributed by atoms with Crippen molar-refractivity contribution in [2.45, 2.75) is 26.7 Å². The number of ketones is 1. The molecule has 0 atom stereocenters. The van der Waals surface area contributed by atoms with Crippen LogP contribution in [0, 0.1) is 6.92 Å². The molecule has 0 fully saturated rings. The van der Waals surface area contributed by atoms with Crippen molar-refractivity contribution in [3.63, 3.8) is 0 Å². The average molecular weight is 459 g/mol. The Balaban J connectivity index is 1.58. The average Bonchev–Trinajstić information content (AvgIpc) is 3.16. The number of methoxy groups -OCH3 is 2. The van der Waals surface area contributed by atoms with Crippen molar-refractivity contribution < 1.29 is 28.5 Å². The van der Waals surface area contributed by atoms with Gasteiger partial charge in [-0.3, -0.25) is 4.79 Å². The van der Waals surface area contributed by atoms with Crippen LogP contribution in [0.15, 0.2) is 60.4 Å². The highest BCUT2D eigenvalue weighted by Crippen LogP contribution is 2.39. The number of benzene rings is 3. The van der Waals surface area contributed by atoms with E-state index in [0.29, 0.717) is 40.0 Å². The molecular weight excluding hydrogens is 432 g/mol. The van der Waals surface area contributed by atoms with Crippen LogP contribution in [0.2, 0.25) is 0 Å². The van der Waals surface area contributed by atoms with E-state index in [-0.39, 0.29) is 17.1 Å². The number of hydrogen-bond acceptors (Lipinski definition) is 6. The lowest BCUT2D eigenvalue weighted by molar-refractivity contribution is 0.0732. The third-order valence-electron chi connectivity index (χ3n) is 5.73. The van der Waals surface area contributed by atoms with Crippen LogP contribution in [0.25, 0.3) is 6.08 Å². The van der Waals surface area contributed by atoms with Crippen molar-refractivity contribution in [3.05, 3.63) is 88.2 Å². The molecular formula is C28H26O6. The van der Waals surface area contributed by atoms with E-state index in [1.54, 1.807) is 43.3 Å². The fraction of sp³-hybridized carbons (Fsp3) is 0.214. The predicted molar refractivity (Wildman–Crippen MR) is 129 cm³/mol. The van der Waals surface area contributed by atoms with E-state index in [9.17, 15) is 9.59 Å². The minimum atomic E-state index is -0.578. The molecule has 0 radical (unpaired) electrons. The molecule has 4 rings (SSSR count). The van der Waals surface area contributed by atoms with E-state index in [1.807, 2.05) is 24.3 Å². The monoisotopic (exact) mass is 458 g/mol. The molecule has 0 spiro atoms. The number of allylic oxidation sites excluding steroid dienone is 1. The van der Waals surface area contributed by atoms with Crippen molar-refractivity contribution in [1.29, 1.82) is 0 Å². The zero-order valence-electron chi connectivity index (χ0n) is 19.8. The number of fused-ring (bicyclic) bond motifs is 1. The van der Waals surface area contributed by atoms with Crippen LogP contribution in [0.3, 0.4) is 0 Å². The van der Waals surface area contributed by atoms with Crippen LogP contribution >= 0.6 is 0 Å². The van der Waals surface area contributed by atoms with Crippen LogP contribution in [-0.4, -0.2) is 26.0 Å². The molecule has 0 N–H and O–H groups in total. The second-order valence-corrected chi connectivity index (χ2v) is 8.32. The van der Waals surface area contributed by atoms with Gasteiger partial charge >= 0.3 is 5.97 Å². The number of rotatable bonds is 6. The van der Waals surface area contributed by atoms with Gasteiger partial charge in [-0.25, -0.2) is 4.79 Å². The first-order chi connectivity index (χ1) is 16.3. The lowest BCUT2D eigenvalue weighted by Gasteiger charge is -2.11. The van der Waals surface area contributed by atoms with Gasteiger partial charge in [-0.2, -0.15) is 0 Å².